The summed E-state index contributed by atoms with van der Waals surface area (Å²) in [6.45, 7) is 3.14. The molecule has 0 saturated carbocycles. The number of imide groups is 1. The zero-order valence-electron chi connectivity index (χ0n) is 17.7. The fraction of sp³-hybridized carbons (Fsp3) is 0.440. The highest BCUT2D eigenvalue weighted by Crippen LogP contribution is 2.23. The summed E-state index contributed by atoms with van der Waals surface area (Å²) in [5.41, 5.74) is 2.15. The maximum Gasteiger partial charge on any atom is 0.416 e. The standard InChI is InChI=1S/C25H31NO4/c1-2-3-6-15-22(18-29-17-21-13-9-5-10-14-21)24(27)26-23(19-30-25(26)28)16-20-11-7-4-8-12-20/h4-5,7-14,22-23H,2-3,6,15-19H2,1H3. The quantitative estimate of drug-likeness (QED) is 0.491. The highest BCUT2D eigenvalue weighted by molar-refractivity contribution is 5.94. The minimum absolute atomic E-state index is 0.178. The Morgan fingerprint density at radius 2 is 1.73 bits per heavy atom. The van der Waals surface area contributed by atoms with Crippen LogP contribution >= 0.6 is 0 Å². The van der Waals surface area contributed by atoms with Gasteiger partial charge < -0.3 is 9.47 Å². The van der Waals surface area contributed by atoms with Gasteiger partial charge >= 0.3 is 6.09 Å². The van der Waals surface area contributed by atoms with E-state index in [0.717, 1.165) is 30.4 Å². The Morgan fingerprint density at radius 1 is 1.07 bits per heavy atom. The molecule has 5 nitrogen and oxygen atoms in total. The highest BCUT2D eigenvalue weighted by Gasteiger charge is 2.40. The van der Waals surface area contributed by atoms with Crippen LogP contribution in [-0.4, -0.2) is 36.2 Å². The van der Waals surface area contributed by atoms with Crippen LogP contribution in [0.1, 0.15) is 43.7 Å². The largest absolute Gasteiger partial charge is 0.447 e. The van der Waals surface area contributed by atoms with Crippen molar-refractivity contribution in [2.45, 2.75) is 51.7 Å². The van der Waals surface area contributed by atoms with E-state index in [2.05, 4.69) is 6.92 Å². The molecule has 2 atom stereocenters. The lowest BCUT2D eigenvalue weighted by Gasteiger charge is -2.25. The summed E-state index contributed by atoms with van der Waals surface area (Å²) in [6, 6.07) is 19.5. The maximum atomic E-state index is 13.3. The molecule has 0 radical (unpaired) electrons. The van der Waals surface area contributed by atoms with Crippen LogP contribution in [0.4, 0.5) is 4.79 Å². The predicted molar refractivity (Wildman–Crippen MR) is 116 cm³/mol. The minimum Gasteiger partial charge on any atom is -0.447 e. The van der Waals surface area contributed by atoms with E-state index in [0.29, 0.717) is 26.1 Å². The van der Waals surface area contributed by atoms with Crippen molar-refractivity contribution >= 4 is 12.0 Å². The first-order valence-electron chi connectivity index (χ1n) is 10.8. The van der Waals surface area contributed by atoms with Crippen LogP contribution in [0.25, 0.3) is 0 Å². The number of cyclic esters (lactones) is 1. The molecule has 3 rings (SSSR count). The molecule has 1 heterocycles. The first kappa shape index (κ1) is 22.0. The average Bonchev–Trinajstić information content (AvgIpc) is 3.13. The number of hydrogen-bond donors (Lipinski definition) is 0. The van der Waals surface area contributed by atoms with Gasteiger partial charge in [-0.25, -0.2) is 9.69 Å². The summed E-state index contributed by atoms with van der Waals surface area (Å²) in [4.78, 5) is 27.1. The molecule has 2 amide bonds. The molecule has 5 heteroatoms. The lowest BCUT2D eigenvalue weighted by atomic mass is 9.98. The van der Waals surface area contributed by atoms with Crippen molar-refractivity contribution in [3.8, 4) is 0 Å². The Labute approximate surface area is 179 Å². The van der Waals surface area contributed by atoms with Gasteiger partial charge in [-0.15, -0.1) is 0 Å². The van der Waals surface area contributed by atoms with E-state index in [1.165, 1.54) is 4.90 Å². The number of hydrogen-bond acceptors (Lipinski definition) is 4. The molecule has 0 aromatic heterocycles. The summed E-state index contributed by atoms with van der Waals surface area (Å²) in [6.07, 6.45) is 3.85. The van der Waals surface area contributed by atoms with Gasteiger partial charge in [0.05, 0.1) is 25.2 Å². The molecular formula is C25H31NO4. The molecule has 0 aliphatic carbocycles. The molecule has 1 aliphatic heterocycles. The number of carbonyl (C=O) groups is 2. The molecule has 160 valence electrons. The second-order valence-corrected chi connectivity index (χ2v) is 7.82. The zero-order valence-corrected chi connectivity index (χ0v) is 17.7. The van der Waals surface area contributed by atoms with E-state index >= 15 is 0 Å². The van der Waals surface area contributed by atoms with Crippen molar-refractivity contribution in [3.63, 3.8) is 0 Å². The average molecular weight is 410 g/mol. The van der Waals surface area contributed by atoms with E-state index in [4.69, 9.17) is 9.47 Å². The first-order valence-corrected chi connectivity index (χ1v) is 10.8. The van der Waals surface area contributed by atoms with Gasteiger partial charge in [0.15, 0.2) is 0 Å². The van der Waals surface area contributed by atoms with Gasteiger partial charge in [-0.05, 0) is 24.0 Å². The minimum atomic E-state index is -0.538. The third-order valence-corrected chi connectivity index (χ3v) is 5.45. The first-order chi connectivity index (χ1) is 14.7. The number of carbonyl (C=O) groups excluding carboxylic acids is 2. The molecule has 1 aliphatic rings. The Balaban J connectivity index is 1.65. The number of ether oxygens (including phenoxy) is 2. The van der Waals surface area contributed by atoms with Crippen LogP contribution in [0, 0.1) is 5.92 Å². The normalized spacial score (nSPS) is 17.0. The molecule has 0 spiro atoms. The molecule has 2 unspecified atom stereocenters. The van der Waals surface area contributed by atoms with E-state index in [1.54, 1.807) is 0 Å². The van der Waals surface area contributed by atoms with E-state index < -0.39 is 6.09 Å². The second-order valence-electron chi connectivity index (χ2n) is 7.82. The Bertz CT molecular complexity index is 793. The third kappa shape index (κ3) is 6.17. The zero-order chi connectivity index (χ0) is 21.2. The molecule has 2 aromatic rings. The summed E-state index contributed by atoms with van der Waals surface area (Å²) in [5.74, 6) is -0.521. The number of rotatable bonds is 11. The number of nitrogens with zero attached hydrogens (tertiary/aromatic N) is 1. The van der Waals surface area contributed by atoms with Gasteiger partial charge in [-0.1, -0.05) is 86.8 Å². The van der Waals surface area contributed by atoms with Crippen molar-refractivity contribution in [2.75, 3.05) is 13.2 Å². The molecule has 0 bridgehead atoms. The highest BCUT2D eigenvalue weighted by atomic mass is 16.6. The Kier molecular flexibility index (Phi) is 8.45. The van der Waals surface area contributed by atoms with Crippen LogP contribution in [0.15, 0.2) is 60.7 Å². The van der Waals surface area contributed by atoms with E-state index in [1.807, 2.05) is 60.7 Å². The van der Waals surface area contributed by atoms with Gasteiger partial charge in [0.1, 0.15) is 6.61 Å². The molecular weight excluding hydrogens is 378 g/mol. The monoisotopic (exact) mass is 409 g/mol. The predicted octanol–water partition coefficient (Wildman–Crippen LogP) is 4.99. The Morgan fingerprint density at radius 3 is 2.40 bits per heavy atom. The summed E-state index contributed by atoms with van der Waals surface area (Å²) >= 11 is 0. The second kappa shape index (κ2) is 11.5. The van der Waals surface area contributed by atoms with Gasteiger partial charge in [0.25, 0.3) is 0 Å². The number of benzene rings is 2. The van der Waals surface area contributed by atoms with Crippen molar-refractivity contribution in [2.24, 2.45) is 5.92 Å². The molecule has 0 N–H and O–H groups in total. The summed E-state index contributed by atoms with van der Waals surface area (Å²) in [5, 5.41) is 0. The van der Waals surface area contributed by atoms with Crippen LogP contribution in [0.5, 0.6) is 0 Å². The van der Waals surface area contributed by atoms with E-state index in [-0.39, 0.29) is 24.5 Å². The number of amides is 2. The van der Waals surface area contributed by atoms with Crippen LogP contribution in [-0.2, 0) is 27.3 Å². The topological polar surface area (TPSA) is 55.8 Å². The third-order valence-electron chi connectivity index (χ3n) is 5.45. The Hall–Kier alpha value is -2.66. The fourth-order valence-electron chi connectivity index (χ4n) is 3.78. The van der Waals surface area contributed by atoms with Gasteiger partial charge in [-0.3, -0.25) is 4.79 Å². The SMILES string of the molecule is CCCCCC(COCc1ccccc1)C(=O)N1C(=O)OCC1Cc1ccccc1. The van der Waals surface area contributed by atoms with E-state index in [9.17, 15) is 9.59 Å². The smallest absolute Gasteiger partial charge is 0.416 e. The van der Waals surface area contributed by atoms with Crippen molar-refractivity contribution in [1.29, 1.82) is 0 Å². The summed E-state index contributed by atoms with van der Waals surface area (Å²) < 4.78 is 11.1. The molecule has 1 fully saturated rings. The molecule has 1 saturated heterocycles. The molecule has 30 heavy (non-hydrogen) atoms. The van der Waals surface area contributed by atoms with Crippen LogP contribution in [0.3, 0.4) is 0 Å². The maximum absolute atomic E-state index is 13.3. The number of unbranched alkanes of at least 4 members (excludes halogenated alkanes) is 2. The van der Waals surface area contributed by atoms with Crippen molar-refractivity contribution in [1.82, 2.24) is 4.90 Å². The fourth-order valence-corrected chi connectivity index (χ4v) is 3.78. The van der Waals surface area contributed by atoms with Gasteiger partial charge in [0, 0.05) is 0 Å². The lowest BCUT2D eigenvalue weighted by Crippen LogP contribution is -2.44. The van der Waals surface area contributed by atoms with Crippen molar-refractivity contribution in [3.05, 3.63) is 71.8 Å². The van der Waals surface area contributed by atoms with Gasteiger partial charge in [0.2, 0.25) is 5.91 Å². The van der Waals surface area contributed by atoms with Crippen LogP contribution in [0.2, 0.25) is 0 Å². The lowest BCUT2D eigenvalue weighted by molar-refractivity contribution is -0.136. The van der Waals surface area contributed by atoms with Crippen LogP contribution < -0.4 is 0 Å². The van der Waals surface area contributed by atoms with Crippen molar-refractivity contribution < 1.29 is 19.1 Å². The van der Waals surface area contributed by atoms with Gasteiger partial charge in [-0.2, -0.15) is 0 Å². The summed E-state index contributed by atoms with van der Waals surface area (Å²) in [7, 11) is 0. The molecule has 2 aromatic carbocycles.